The van der Waals surface area contributed by atoms with Gasteiger partial charge in [-0.1, -0.05) is 19.1 Å². The van der Waals surface area contributed by atoms with E-state index in [2.05, 4.69) is 57.1 Å². The summed E-state index contributed by atoms with van der Waals surface area (Å²) < 4.78 is 2.10. The van der Waals surface area contributed by atoms with Crippen molar-refractivity contribution in [3.8, 4) is 0 Å². The zero-order valence-corrected chi connectivity index (χ0v) is 19.6. The van der Waals surface area contributed by atoms with E-state index in [1.807, 2.05) is 12.3 Å². The molecule has 176 valence electrons. The van der Waals surface area contributed by atoms with Gasteiger partial charge in [0.05, 0.1) is 23.0 Å². The van der Waals surface area contributed by atoms with Crippen LogP contribution >= 0.6 is 0 Å². The van der Waals surface area contributed by atoms with Gasteiger partial charge in [-0.2, -0.15) is 0 Å². The lowest BCUT2D eigenvalue weighted by atomic mass is 9.89. The van der Waals surface area contributed by atoms with Crippen LogP contribution in [-0.4, -0.2) is 37.3 Å². The molecule has 0 radical (unpaired) electrons. The lowest BCUT2D eigenvalue weighted by Gasteiger charge is -2.24. The van der Waals surface area contributed by atoms with Crippen LogP contribution in [0, 0.1) is 17.8 Å². The van der Waals surface area contributed by atoms with Crippen LogP contribution < -0.4 is 11.1 Å². The summed E-state index contributed by atoms with van der Waals surface area (Å²) in [5.74, 6) is 3.04. The van der Waals surface area contributed by atoms with Crippen molar-refractivity contribution >= 4 is 33.6 Å². The summed E-state index contributed by atoms with van der Waals surface area (Å²) in [7, 11) is 0. The first kappa shape index (κ1) is 21.4. The third kappa shape index (κ3) is 3.98. The van der Waals surface area contributed by atoms with Gasteiger partial charge in [-0.15, -0.1) is 0 Å². The molecular weight excluding hydrogens is 424 g/mol. The Labute approximate surface area is 199 Å². The lowest BCUT2D eigenvalue weighted by Crippen LogP contribution is -2.22. The minimum Gasteiger partial charge on any atom is -0.391 e. The second-order valence-corrected chi connectivity index (χ2v) is 10.2. The van der Waals surface area contributed by atoms with Gasteiger partial charge in [0.15, 0.2) is 0 Å². The van der Waals surface area contributed by atoms with Crippen LogP contribution in [0.5, 0.6) is 0 Å². The van der Waals surface area contributed by atoms with Crippen molar-refractivity contribution in [1.29, 1.82) is 0 Å². The number of nitrogens with one attached hydrogen (secondary N) is 1. The largest absolute Gasteiger partial charge is 0.391 e. The average Bonchev–Trinajstić information content (AvgIpc) is 3.51. The number of aromatic nitrogens is 4. The van der Waals surface area contributed by atoms with Gasteiger partial charge in [0.25, 0.3) is 0 Å². The zero-order chi connectivity index (χ0) is 23.2. The van der Waals surface area contributed by atoms with E-state index in [4.69, 9.17) is 10.7 Å². The van der Waals surface area contributed by atoms with Crippen LogP contribution in [0.3, 0.4) is 0 Å². The van der Waals surface area contributed by atoms with Crippen LogP contribution in [0.25, 0.3) is 21.9 Å². The fourth-order valence-electron chi connectivity index (χ4n) is 5.68. The van der Waals surface area contributed by atoms with E-state index in [0.717, 1.165) is 54.1 Å². The highest BCUT2D eigenvalue weighted by Crippen LogP contribution is 2.44. The number of rotatable bonds is 7. The molecule has 7 heteroatoms. The van der Waals surface area contributed by atoms with Crippen LogP contribution in [0.2, 0.25) is 0 Å². The summed E-state index contributed by atoms with van der Waals surface area (Å²) in [5.41, 5.74) is 9.17. The molecule has 3 aromatic heterocycles. The van der Waals surface area contributed by atoms with Crippen molar-refractivity contribution in [2.45, 2.75) is 51.2 Å². The second kappa shape index (κ2) is 8.55. The number of aliphatic hydroxyl groups excluding tert-OH is 1. The van der Waals surface area contributed by atoms with E-state index in [0.29, 0.717) is 17.7 Å². The van der Waals surface area contributed by atoms with Crippen molar-refractivity contribution in [2.24, 2.45) is 17.8 Å². The highest BCUT2D eigenvalue weighted by atomic mass is 16.3. The Morgan fingerprint density at radius 1 is 1.15 bits per heavy atom. The molecule has 0 saturated heterocycles. The molecule has 7 nitrogen and oxygen atoms in total. The van der Waals surface area contributed by atoms with E-state index in [1.165, 1.54) is 30.1 Å². The van der Waals surface area contributed by atoms with Gasteiger partial charge in [0.2, 0.25) is 0 Å². The number of hydrogen-bond donors (Lipinski definition) is 3. The van der Waals surface area contributed by atoms with E-state index in [9.17, 15) is 5.11 Å². The molecule has 0 amide bonds. The number of aliphatic hydroxyl groups is 1. The Morgan fingerprint density at radius 2 is 2.00 bits per heavy atom. The normalized spacial score (nSPS) is 24.8. The maximum absolute atomic E-state index is 11.0. The predicted octanol–water partition coefficient (Wildman–Crippen LogP) is 4.57. The number of nitrogens with two attached hydrogens (primary N) is 1. The number of hydrogen-bond acceptors (Lipinski definition) is 6. The molecule has 3 heterocycles. The monoisotopic (exact) mass is 456 g/mol. The Morgan fingerprint density at radius 3 is 2.85 bits per heavy atom. The standard InChI is InChI=1S/C27H32N6O/c1-16-20(13-23(34)25(16)33-11-10-21-26(28)30-15-31-27(21)33)7-5-17-4-6-19-8-9-24(32-22(19)12-17)29-14-18-2-3-18/h4,6,8-12,15-16,18,20,23,25,34H,2-3,5,7,13-14H2,1H3,(H,29,32)(H2,28,30,31)/t16-,20?,23+,25?/m0/s1. The molecule has 6 rings (SSSR count). The molecule has 34 heavy (non-hydrogen) atoms. The Balaban J connectivity index is 1.16. The smallest absolute Gasteiger partial charge is 0.145 e. The molecule has 2 aliphatic rings. The van der Waals surface area contributed by atoms with Crippen molar-refractivity contribution in [3.63, 3.8) is 0 Å². The highest BCUT2D eigenvalue weighted by Gasteiger charge is 2.41. The molecule has 0 spiro atoms. The van der Waals surface area contributed by atoms with Crippen molar-refractivity contribution in [3.05, 3.63) is 54.5 Å². The van der Waals surface area contributed by atoms with E-state index in [-0.39, 0.29) is 6.04 Å². The number of benzene rings is 1. The SMILES string of the molecule is C[C@H]1C(CCc2ccc3ccc(NCC4CC4)nc3c2)C[C@@H](O)C1n1ccc2c(N)ncnc21. The molecule has 4 atom stereocenters. The number of fused-ring (bicyclic) bond motifs is 2. The van der Waals surface area contributed by atoms with Crippen molar-refractivity contribution in [1.82, 2.24) is 19.5 Å². The van der Waals surface area contributed by atoms with Gasteiger partial charge in [-0.25, -0.2) is 15.0 Å². The molecular formula is C27H32N6O. The van der Waals surface area contributed by atoms with Gasteiger partial charge in [0.1, 0.15) is 23.6 Å². The summed E-state index contributed by atoms with van der Waals surface area (Å²) in [6.07, 6.45) is 8.58. The van der Waals surface area contributed by atoms with E-state index < -0.39 is 6.10 Å². The zero-order valence-electron chi connectivity index (χ0n) is 19.6. The van der Waals surface area contributed by atoms with Gasteiger partial charge in [0, 0.05) is 18.1 Å². The molecule has 1 aromatic carbocycles. The average molecular weight is 457 g/mol. The molecule has 2 fully saturated rings. The van der Waals surface area contributed by atoms with E-state index >= 15 is 0 Å². The number of anilines is 2. The lowest BCUT2D eigenvalue weighted by molar-refractivity contribution is 0.127. The number of pyridine rings is 1. The first-order valence-corrected chi connectivity index (χ1v) is 12.5. The number of nitrogens with zero attached hydrogens (tertiary/aromatic N) is 4. The van der Waals surface area contributed by atoms with Crippen LogP contribution in [0.15, 0.2) is 48.9 Å². The fraction of sp³-hybridized carbons (Fsp3) is 0.444. The third-order valence-electron chi connectivity index (χ3n) is 7.91. The maximum atomic E-state index is 11.0. The molecule has 4 N–H and O–H groups in total. The Bertz CT molecular complexity index is 1330. The molecule has 2 saturated carbocycles. The Kier molecular flexibility index (Phi) is 5.37. The van der Waals surface area contributed by atoms with Crippen molar-refractivity contribution < 1.29 is 5.11 Å². The number of nitrogen functional groups attached to an aromatic ring is 1. The van der Waals surface area contributed by atoms with Gasteiger partial charge in [-0.3, -0.25) is 0 Å². The predicted molar refractivity (Wildman–Crippen MR) is 136 cm³/mol. The third-order valence-corrected chi connectivity index (χ3v) is 7.91. The number of aryl methyl sites for hydroxylation is 1. The van der Waals surface area contributed by atoms with Crippen LogP contribution in [0.1, 0.15) is 44.2 Å². The first-order valence-electron chi connectivity index (χ1n) is 12.5. The highest BCUT2D eigenvalue weighted by molar-refractivity contribution is 5.86. The summed E-state index contributed by atoms with van der Waals surface area (Å²) >= 11 is 0. The maximum Gasteiger partial charge on any atom is 0.145 e. The van der Waals surface area contributed by atoms with Gasteiger partial charge < -0.3 is 20.7 Å². The topological polar surface area (TPSA) is 102 Å². The Hall–Kier alpha value is -3.19. The molecule has 0 bridgehead atoms. The summed E-state index contributed by atoms with van der Waals surface area (Å²) in [6.45, 7) is 3.28. The minimum atomic E-state index is -0.398. The second-order valence-electron chi connectivity index (χ2n) is 10.2. The molecule has 2 aliphatic carbocycles. The van der Waals surface area contributed by atoms with Gasteiger partial charge in [-0.05, 0) is 79.7 Å². The van der Waals surface area contributed by atoms with Crippen LogP contribution in [0.4, 0.5) is 11.6 Å². The van der Waals surface area contributed by atoms with E-state index in [1.54, 1.807) is 0 Å². The molecule has 0 aliphatic heterocycles. The molecule has 4 aromatic rings. The fourth-order valence-corrected chi connectivity index (χ4v) is 5.68. The summed E-state index contributed by atoms with van der Waals surface area (Å²) in [5, 5.41) is 16.5. The quantitative estimate of drug-likeness (QED) is 0.376. The molecule has 2 unspecified atom stereocenters. The minimum absolute atomic E-state index is 0.00447. The van der Waals surface area contributed by atoms with Crippen molar-refractivity contribution in [2.75, 3.05) is 17.6 Å². The van der Waals surface area contributed by atoms with Crippen LogP contribution in [-0.2, 0) is 6.42 Å². The summed E-state index contributed by atoms with van der Waals surface area (Å²) in [6, 6.07) is 12.8. The summed E-state index contributed by atoms with van der Waals surface area (Å²) in [4.78, 5) is 13.4. The first-order chi connectivity index (χ1) is 16.6. The van der Waals surface area contributed by atoms with Gasteiger partial charge >= 0.3 is 0 Å².